The van der Waals surface area contributed by atoms with Crippen LogP contribution in [0.3, 0.4) is 0 Å². The highest BCUT2D eigenvalue weighted by Gasteiger charge is 2.42. The van der Waals surface area contributed by atoms with Gasteiger partial charge in [-0.25, -0.2) is 0 Å². The predicted octanol–water partition coefficient (Wildman–Crippen LogP) is 3.18. The van der Waals surface area contributed by atoms with Gasteiger partial charge in [0.2, 0.25) is 0 Å². The second-order valence-electron chi connectivity index (χ2n) is 6.91. The Morgan fingerprint density at radius 3 is 2.69 bits per heavy atom. The smallest absolute Gasteiger partial charge is 0.263 e. The molecule has 2 fully saturated rings. The van der Waals surface area contributed by atoms with Crippen LogP contribution in [-0.4, -0.2) is 48.6 Å². The van der Waals surface area contributed by atoms with Gasteiger partial charge in [0.15, 0.2) is 0 Å². The lowest BCUT2D eigenvalue weighted by molar-refractivity contribution is -0.140. The lowest BCUT2D eigenvalue weighted by Gasteiger charge is -2.42. The summed E-state index contributed by atoms with van der Waals surface area (Å²) in [6.07, 6.45) is 2.49. The zero-order chi connectivity index (χ0) is 18.0. The van der Waals surface area contributed by atoms with E-state index in [4.69, 9.17) is 4.74 Å². The standard InChI is InChI=1S/C20H22N2O3S/c23-18-14-25-20(15-22(18)16-6-2-1-3-7-16)9-5-11-21(12-10-20)19(24)17-8-4-13-26-17/h1-4,6-8,13H,5,9-12,14-15H2. The van der Waals surface area contributed by atoms with Gasteiger partial charge >= 0.3 is 0 Å². The number of hydrogen-bond donors (Lipinski definition) is 0. The first-order valence-electron chi connectivity index (χ1n) is 8.99. The number of ether oxygens (including phenoxy) is 1. The van der Waals surface area contributed by atoms with Crippen molar-refractivity contribution in [2.45, 2.75) is 24.9 Å². The molecule has 2 aliphatic rings. The van der Waals surface area contributed by atoms with Crippen molar-refractivity contribution < 1.29 is 14.3 Å². The van der Waals surface area contributed by atoms with Crippen LogP contribution in [-0.2, 0) is 9.53 Å². The van der Waals surface area contributed by atoms with E-state index < -0.39 is 0 Å². The third-order valence-corrected chi connectivity index (χ3v) is 6.09. The van der Waals surface area contributed by atoms with Crippen LogP contribution < -0.4 is 4.90 Å². The number of carbonyl (C=O) groups excluding carboxylic acids is 2. The second-order valence-corrected chi connectivity index (χ2v) is 7.86. The number of benzene rings is 1. The number of amides is 2. The van der Waals surface area contributed by atoms with E-state index in [2.05, 4.69) is 0 Å². The van der Waals surface area contributed by atoms with E-state index in [0.29, 0.717) is 13.1 Å². The van der Waals surface area contributed by atoms with E-state index in [0.717, 1.165) is 36.4 Å². The summed E-state index contributed by atoms with van der Waals surface area (Å²) in [5.74, 6) is 0.0986. The molecule has 6 heteroatoms. The zero-order valence-electron chi connectivity index (χ0n) is 14.6. The summed E-state index contributed by atoms with van der Waals surface area (Å²) in [5, 5.41) is 1.93. The molecule has 0 N–H and O–H groups in total. The molecule has 0 saturated carbocycles. The predicted molar refractivity (Wildman–Crippen MR) is 102 cm³/mol. The summed E-state index contributed by atoms with van der Waals surface area (Å²) >= 11 is 1.48. The fraction of sp³-hybridized carbons (Fsp3) is 0.400. The SMILES string of the molecule is O=C(c1cccs1)N1CCCC2(CC1)CN(c1ccccc1)C(=O)CO2. The molecule has 136 valence electrons. The first kappa shape index (κ1) is 17.2. The Bertz CT molecular complexity index is 778. The molecule has 1 atom stereocenters. The molecule has 1 aromatic carbocycles. The number of para-hydroxylation sites is 1. The van der Waals surface area contributed by atoms with Gasteiger partial charge in [-0.05, 0) is 42.8 Å². The topological polar surface area (TPSA) is 49.9 Å². The summed E-state index contributed by atoms with van der Waals surface area (Å²) in [6.45, 7) is 2.05. The van der Waals surface area contributed by atoms with Crippen molar-refractivity contribution in [3.05, 3.63) is 52.7 Å². The van der Waals surface area contributed by atoms with Crippen molar-refractivity contribution in [1.82, 2.24) is 4.90 Å². The van der Waals surface area contributed by atoms with E-state index in [1.807, 2.05) is 57.6 Å². The third-order valence-electron chi connectivity index (χ3n) is 5.23. The molecular weight excluding hydrogens is 348 g/mol. The fourth-order valence-corrected chi connectivity index (χ4v) is 4.48. The van der Waals surface area contributed by atoms with Crippen molar-refractivity contribution in [1.29, 1.82) is 0 Å². The Labute approximate surface area is 157 Å². The summed E-state index contributed by atoms with van der Waals surface area (Å²) in [4.78, 5) is 29.6. The molecule has 0 radical (unpaired) electrons. The van der Waals surface area contributed by atoms with Crippen molar-refractivity contribution >= 4 is 28.8 Å². The molecule has 2 aromatic rings. The van der Waals surface area contributed by atoms with Gasteiger partial charge in [0.1, 0.15) is 6.61 Å². The van der Waals surface area contributed by atoms with Crippen LogP contribution in [0.25, 0.3) is 0 Å². The van der Waals surface area contributed by atoms with Gasteiger partial charge in [-0.15, -0.1) is 11.3 Å². The van der Waals surface area contributed by atoms with Gasteiger partial charge in [-0.3, -0.25) is 9.59 Å². The highest BCUT2D eigenvalue weighted by molar-refractivity contribution is 7.12. The molecule has 1 spiro atoms. The minimum atomic E-state index is -0.367. The molecule has 0 aliphatic carbocycles. The minimum absolute atomic E-state index is 0.00223. The minimum Gasteiger partial charge on any atom is -0.363 e. The Kier molecular flexibility index (Phi) is 4.78. The van der Waals surface area contributed by atoms with Crippen LogP contribution in [0, 0.1) is 0 Å². The number of rotatable bonds is 2. The second kappa shape index (κ2) is 7.21. The van der Waals surface area contributed by atoms with E-state index in [-0.39, 0.29) is 24.0 Å². The number of hydrogen-bond acceptors (Lipinski definition) is 4. The molecule has 2 saturated heterocycles. The number of anilines is 1. The van der Waals surface area contributed by atoms with Gasteiger partial charge in [0.05, 0.1) is 17.0 Å². The van der Waals surface area contributed by atoms with Crippen molar-refractivity contribution in [3.8, 4) is 0 Å². The quantitative estimate of drug-likeness (QED) is 0.816. The Morgan fingerprint density at radius 2 is 1.92 bits per heavy atom. The van der Waals surface area contributed by atoms with E-state index in [9.17, 15) is 9.59 Å². The summed E-state index contributed by atoms with van der Waals surface area (Å²) in [5.41, 5.74) is 0.546. The molecule has 4 rings (SSSR count). The highest BCUT2D eigenvalue weighted by atomic mass is 32.1. The lowest BCUT2D eigenvalue weighted by atomic mass is 9.92. The first-order chi connectivity index (χ1) is 12.7. The number of morpholine rings is 1. The van der Waals surface area contributed by atoms with Gasteiger partial charge < -0.3 is 14.5 Å². The molecule has 3 heterocycles. The fourth-order valence-electron chi connectivity index (χ4n) is 3.79. The molecule has 1 unspecified atom stereocenters. The van der Waals surface area contributed by atoms with E-state index in [1.165, 1.54) is 11.3 Å². The van der Waals surface area contributed by atoms with Crippen molar-refractivity contribution in [2.24, 2.45) is 0 Å². The molecule has 0 bridgehead atoms. The van der Waals surface area contributed by atoms with Crippen LogP contribution in [0.15, 0.2) is 47.8 Å². The molecule has 2 aliphatic heterocycles. The van der Waals surface area contributed by atoms with E-state index >= 15 is 0 Å². The van der Waals surface area contributed by atoms with Crippen LogP contribution >= 0.6 is 11.3 Å². The van der Waals surface area contributed by atoms with Crippen molar-refractivity contribution in [3.63, 3.8) is 0 Å². The molecule has 5 nitrogen and oxygen atoms in total. The highest BCUT2D eigenvalue weighted by Crippen LogP contribution is 2.33. The molecular formula is C20H22N2O3S. The van der Waals surface area contributed by atoms with Gasteiger partial charge in [-0.1, -0.05) is 24.3 Å². The van der Waals surface area contributed by atoms with Crippen LogP contribution in [0.4, 0.5) is 5.69 Å². The normalized spacial score (nSPS) is 23.9. The maximum Gasteiger partial charge on any atom is 0.263 e. The van der Waals surface area contributed by atoms with Gasteiger partial charge in [0, 0.05) is 18.8 Å². The Balaban J connectivity index is 1.49. The number of nitrogens with zero attached hydrogens (tertiary/aromatic N) is 2. The number of likely N-dealkylation sites (tertiary alicyclic amines) is 1. The first-order valence-corrected chi connectivity index (χ1v) is 9.87. The Morgan fingerprint density at radius 1 is 1.08 bits per heavy atom. The summed E-state index contributed by atoms with van der Waals surface area (Å²) in [7, 11) is 0. The van der Waals surface area contributed by atoms with Crippen molar-refractivity contribution in [2.75, 3.05) is 31.1 Å². The summed E-state index contributed by atoms with van der Waals surface area (Å²) < 4.78 is 6.04. The third kappa shape index (κ3) is 3.39. The van der Waals surface area contributed by atoms with Gasteiger partial charge in [-0.2, -0.15) is 0 Å². The van der Waals surface area contributed by atoms with Crippen LogP contribution in [0.1, 0.15) is 28.9 Å². The van der Waals surface area contributed by atoms with Crippen LogP contribution in [0.2, 0.25) is 0 Å². The maximum atomic E-state index is 12.7. The monoisotopic (exact) mass is 370 g/mol. The van der Waals surface area contributed by atoms with Gasteiger partial charge in [0.25, 0.3) is 11.8 Å². The Hall–Kier alpha value is -2.18. The maximum absolute atomic E-state index is 12.7. The average Bonchev–Trinajstić information content (AvgIpc) is 3.14. The molecule has 2 amide bonds. The summed E-state index contributed by atoms with van der Waals surface area (Å²) in [6, 6.07) is 13.5. The lowest BCUT2D eigenvalue weighted by Crippen LogP contribution is -2.55. The largest absolute Gasteiger partial charge is 0.363 e. The van der Waals surface area contributed by atoms with E-state index in [1.54, 1.807) is 0 Å². The van der Waals surface area contributed by atoms with Crippen LogP contribution in [0.5, 0.6) is 0 Å². The molecule has 26 heavy (non-hydrogen) atoms. The number of thiophene rings is 1. The number of carbonyl (C=O) groups is 2. The molecule has 1 aromatic heterocycles. The zero-order valence-corrected chi connectivity index (χ0v) is 15.4. The average molecular weight is 370 g/mol.